The number of carboxylic acid groups (broad SMARTS) is 1. The van der Waals surface area contributed by atoms with Crippen molar-refractivity contribution in [1.82, 2.24) is 0 Å². The van der Waals surface area contributed by atoms with E-state index in [-0.39, 0.29) is 24.9 Å². The minimum Gasteiger partial charge on any atom is -0.481 e. The lowest BCUT2D eigenvalue weighted by molar-refractivity contribution is -0.137. The minimum atomic E-state index is -0.828. The molecule has 0 saturated heterocycles. The summed E-state index contributed by atoms with van der Waals surface area (Å²) in [6.45, 7) is 0. The number of aryl methyl sites for hydroxylation is 1. The Balaban J connectivity index is 0.00000196. The van der Waals surface area contributed by atoms with Crippen molar-refractivity contribution in [3.63, 3.8) is 0 Å². The van der Waals surface area contributed by atoms with Gasteiger partial charge in [0.1, 0.15) is 0 Å². The predicted octanol–water partition coefficient (Wildman–Crippen LogP) is 1.84. The molecule has 0 unspecified atom stereocenters. The molecule has 0 heterocycles. The molecule has 0 aliphatic rings. The van der Waals surface area contributed by atoms with Crippen molar-refractivity contribution in [2.75, 3.05) is 0 Å². The van der Waals surface area contributed by atoms with Gasteiger partial charge in [-0.15, -0.1) is 12.4 Å². The maximum absolute atomic E-state index is 10.3. The van der Waals surface area contributed by atoms with Crippen molar-refractivity contribution >= 4 is 18.4 Å². The van der Waals surface area contributed by atoms with Crippen molar-refractivity contribution in [2.24, 2.45) is 5.73 Å². The number of hydrogen-bond acceptors (Lipinski definition) is 2. The standard InChI is InChI=1S/C11H15NO2.ClH/c12-10(8-11(13)14)7-6-9-4-2-1-3-5-9;/h1-5,10H,6-8,12H2,(H,13,14);1H/t10-;/m1./s1. The van der Waals surface area contributed by atoms with Gasteiger partial charge >= 0.3 is 5.97 Å². The normalized spacial score (nSPS) is 11.5. The molecule has 1 atom stereocenters. The van der Waals surface area contributed by atoms with Gasteiger partial charge in [0.05, 0.1) is 6.42 Å². The van der Waals surface area contributed by atoms with Crippen LogP contribution in [-0.4, -0.2) is 17.1 Å². The Morgan fingerprint density at radius 1 is 1.33 bits per heavy atom. The zero-order chi connectivity index (χ0) is 10.4. The van der Waals surface area contributed by atoms with E-state index in [4.69, 9.17) is 10.8 Å². The summed E-state index contributed by atoms with van der Waals surface area (Å²) in [4.78, 5) is 10.3. The summed E-state index contributed by atoms with van der Waals surface area (Å²) in [5.41, 5.74) is 6.84. The first kappa shape index (κ1) is 13.9. The van der Waals surface area contributed by atoms with Crippen LogP contribution >= 0.6 is 12.4 Å². The third kappa shape index (κ3) is 6.10. The highest BCUT2D eigenvalue weighted by molar-refractivity contribution is 5.85. The summed E-state index contributed by atoms with van der Waals surface area (Å²) in [6.07, 6.45) is 1.61. The second-order valence-electron chi connectivity index (χ2n) is 3.38. The molecule has 1 aromatic carbocycles. The van der Waals surface area contributed by atoms with Gasteiger partial charge in [-0.25, -0.2) is 0 Å². The molecule has 84 valence electrons. The quantitative estimate of drug-likeness (QED) is 0.810. The molecule has 1 rings (SSSR count). The lowest BCUT2D eigenvalue weighted by atomic mass is 10.0. The topological polar surface area (TPSA) is 63.3 Å². The number of nitrogens with two attached hydrogens (primary N) is 1. The molecule has 0 amide bonds. The molecule has 4 heteroatoms. The van der Waals surface area contributed by atoms with Gasteiger partial charge in [0.15, 0.2) is 0 Å². The van der Waals surface area contributed by atoms with Crippen LogP contribution in [0.5, 0.6) is 0 Å². The van der Waals surface area contributed by atoms with Gasteiger partial charge in [0, 0.05) is 6.04 Å². The molecule has 0 fully saturated rings. The highest BCUT2D eigenvalue weighted by atomic mass is 35.5. The molecule has 0 bridgehead atoms. The van der Waals surface area contributed by atoms with Gasteiger partial charge in [0.25, 0.3) is 0 Å². The van der Waals surface area contributed by atoms with E-state index < -0.39 is 5.97 Å². The summed E-state index contributed by atoms with van der Waals surface area (Å²) in [6, 6.07) is 9.70. The Labute approximate surface area is 95.7 Å². The Kier molecular flexibility index (Phi) is 6.75. The smallest absolute Gasteiger partial charge is 0.304 e. The van der Waals surface area contributed by atoms with Gasteiger partial charge in [-0.2, -0.15) is 0 Å². The summed E-state index contributed by atoms with van der Waals surface area (Å²) in [5, 5.41) is 8.50. The Morgan fingerprint density at radius 2 is 1.93 bits per heavy atom. The number of carbonyl (C=O) groups is 1. The second kappa shape index (κ2) is 7.26. The van der Waals surface area contributed by atoms with Crippen LogP contribution in [0.3, 0.4) is 0 Å². The maximum Gasteiger partial charge on any atom is 0.304 e. The van der Waals surface area contributed by atoms with Gasteiger partial charge in [0.2, 0.25) is 0 Å². The van der Waals surface area contributed by atoms with E-state index in [1.54, 1.807) is 0 Å². The fraction of sp³-hybridized carbons (Fsp3) is 0.364. The highest BCUT2D eigenvalue weighted by Gasteiger charge is 2.07. The lowest BCUT2D eigenvalue weighted by Crippen LogP contribution is -2.24. The largest absolute Gasteiger partial charge is 0.481 e. The van der Waals surface area contributed by atoms with Gasteiger partial charge < -0.3 is 10.8 Å². The molecule has 15 heavy (non-hydrogen) atoms. The van der Waals surface area contributed by atoms with Crippen molar-refractivity contribution in [3.05, 3.63) is 35.9 Å². The van der Waals surface area contributed by atoms with E-state index in [2.05, 4.69) is 0 Å². The number of rotatable bonds is 5. The maximum atomic E-state index is 10.3. The molecular weight excluding hydrogens is 214 g/mol. The van der Waals surface area contributed by atoms with Crippen LogP contribution in [0.1, 0.15) is 18.4 Å². The van der Waals surface area contributed by atoms with Crippen LogP contribution in [-0.2, 0) is 11.2 Å². The first-order valence-corrected chi connectivity index (χ1v) is 4.70. The summed E-state index contributed by atoms with van der Waals surface area (Å²) in [5.74, 6) is -0.828. The fourth-order valence-corrected chi connectivity index (χ4v) is 1.32. The van der Waals surface area contributed by atoms with Crippen molar-refractivity contribution in [1.29, 1.82) is 0 Å². The molecule has 0 radical (unpaired) electrons. The van der Waals surface area contributed by atoms with Crippen molar-refractivity contribution < 1.29 is 9.90 Å². The number of carboxylic acids is 1. The Morgan fingerprint density at radius 3 is 2.47 bits per heavy atom. The minimum absolute atomic E-state index is 0. The average Bonchev–Trinajstić information content (AvgIpc) is 2.15. The molecule has 0 saturated carbocycles. The lowest BCUT2D eigenvalue weighted by Gasteiger charge is -2.08. The van der Waals surface area contributed by atoms with E-state index in [9.17, 15) is 4.79 Å². The van der Waals surface area contributed by atoms with E-state index in [0.717, 1.165) is 12.8 Å². The van der Waals surface area contributed by atoms with Crippen LogP contribution in [0.4, 0.5) is 0 Å². The predicted molar refractivity (Wildman–Crippen MR) is 62.2 cm³/mol. The molecule has 1 aromatic rings. The molecule has 0 aliphatic carbocycles. The van der Waals surface area contributed by atoms with Crippen LogP contribution < -0.4 is 5.73 Å². The van der Waals surface area contributed by atoms with E-state index in [1.165, 1.54) is 5.56 Å². The molecule has 0 aliphatic heterocycles. The van der Waals surface area contributed by atoms with Crippen LogP contribution in [0.25, 0.3) is 0 Å². The highest BCUT2D eigenvalue weighted by Crippen LogP contribution is 2.05. The Bertz CT molecular complexity index is 290. The summed E-state index contributed by atoms with van der Waals surface area (Å²) >= 11 is 0. The zero-order valence-electron chi connectivity index (χ0n) is 8.43. The number of benzene rings is 1. The molecule has 0 spiro atoms. The number of hydrogen-bond donors (Lipinski definition) is 2. The molecule has 0 aromatic heterocycles. The van der Waals surface area contributed by atoms with E-state index in [1.807, 2.05) is 30.3 Å². The molecule has 3 N–H and O–H groups in total. The monoisotopic (exact) mass is 229 g/mol. The van der Waals surface area contributed by atoms with Gasteiger partial charge in [-0.05, 0) is 18.4 Å². The van der Waals surface area contributed by atoms with E-state index in [0.29, 0.717) is 0 Å². The second-order valence-corrected chi connectivity index (χ2v) is 3.38. The third-order valence-electron chi connectivity index (χ3n) is 2.08. The van der Waals surface area contributed by atoms with Crippen molar-refractivity contribution in [3.8, 4) is 0 Å². The van der Waals surface area contributed by atoms with Crippen LogP contribution in [0.2, 0.25) is 0 Å². The van der Waals surface area contributed by atoms with Crippen LogP contribution in [0, 0.1) is 0 Å². The average molecular weight is 230 g/mol. The zero-order valence-corrected chi connectivity index (χ0v) is 9.24. The SMILES string of the molecule is Cl.N[C@H](CCc1ccccc1)CC(=O)O. The van der Waals surface area contributed by atoms with Crippen molar-refractivity contribution in [2.45, 2.75) is 25.3 Å². The first-order valence-electron chi connectivity index (χ1n) is 4.70. The Hall–Kier alpha value is -1.06. The molecule has 3 nitrogen and oxygen atoms in total. The fourth-order valence-electron chi connectivity index (χ4n) is 1.32. The third-order valence-corrected chi connectivity index (χ3v) is 2.08. The number of halogens is 1. The first-order chi connectivity index (χ1) is 6.68. The summed E-state index contributed by atoms with van der Waals surface area (Å²) in [7, 11) is 0. The van der Waals surface area contributed by atoms with Gasteiger partial charge in [-0.1, -0.05) is 30.3 Å². The van der Waals surface area contributed by atoms with E-state index >= 15 is 0 Å². The molecular formula is C11H16ClNO2. The number of aliphatic carboxylic acids is 1. The van der Waals surface area contributed by atoms with Gasteiger partial charge in [-0.3, -0.25) is 4.79 Å². The summed E-state index contributed by atoms with van der Waals surface area (Å²) < 4.78 is 0. The van der Waals surface area contributed by atoms with Crippen LogP contribution in [0.15, 0.2) is 30.3 Å².